The summed E-state index contributed by atoms with van der Waals surface area (Å²) < 4.78 is 5.44. The van der Waals surface area contributed by atoms with Crippen molar-refractivity contribution in [2.24, 2.45) is 5.41 Å². The van der Waals surface area contributed by atoms with E-state index in [0.29, 0.717) is 5.56 Å². The quantitative estimate of drug-likeness (QED) is 0.693. The number of carbonyl (C=O) groups is 2. The molecule has 1 spiro atoms. The zero-order chi connectivity index (χ0) is 24.6. The highest BCUT2D eigenvalue weighted by atomic mass is 16.6. The number of nitrogens with zero attached hydrogens (tertiary/aromatic N) is 3. The van der Waals surface area contributed by atoms with E-state index >= 15 is 0 Å². The lowest BCUT2D eigenvalue weighted by molar-refractivity contribution is 0.0503. The van der Waals surface area contributed by atoms with Crippen LogP contribution in [-0.4, -0.2) is 53.7 Å². The summed E-state index contributed by atoms with van der Waals surface area (Å²) in [5.74, 6) is 0.101. The third kappa shape index (κ3) is 5.14. The Hall–Kier alpha value is -3.09. The fourth-order valence-corrected chi connectivity index (χ4v) is 5.83. The van der Waals surface area contributed by atoms with E-state index in [-0.39, 0.29) is 17.4 Å². The molecule has 7 nitrogen and oxygen atoms in total. The highest BCUT2D eigenvalue weighted by molar-refractivity contribution is 5.95. The van der Waals surface area contributed by atoms with Gasteiger partial charge in [-0.3, -0.25) is 9.78 Å². The number of nitrogens with one attached hydrogen (secondary N) is 1. The number of likely N-dealkylation sites (tertiary alicyclic amines) is 1. The highest BCUT2D eigenvalue weighted by Gasteiger charge is 2.42. The summed E-state index contributed by atoms with van der Waals surface area (Å²) in [6, 6.07) is 10.0. The van der Waals surface area contributed by atoms with E-state index in [0.717, 1.165) is 63.8 Å². The van der Waals surface area contributed by atoms with Crippen LogP contribution in [0.5, 0.6) is 0 Å². The number of pyridine rings is 1. The van der Waals surface area contributed by atoms with Gasteiger partial charge in [-0.15, -0.1) is 0 Å². The minimum atomic E-state index is -0.538. The minimum absolute atomic E-state index is 0.101. The Labute approximate surface area is 207 Å². The Balaban J connectivity index is 1.22. The van der Waals surface area contributed by atoms with E-state index in [1.165, 1.54) is 11.3 Å². The van der Waals surface area contributed by atoms with Gasteiger partial charge in [-0.2, -0.15) is 0 Å². The summed E-state index contributed by atoms with van der Waals surface area (Å²) in [5.41, 5.74) is 3.87. The molecule has 3 heterocycles. The Morgan fingerprint density at radius 1 is 1.06 bits per heavy atom. The molecule has 0 radical (unpaired) electrons. The van der Waals surface area contributed by atoms with Gasteiger partial charge in [-0.1, -0.05) is 6.07 Å². The second-order valence-corrected chi connectivity index (χ2v) is 11.3. The number of aromatic nitrogens is 1. The van der Waals surface area contributed by atoms with Crippen LogP contribution in [0.2, 0.25) is 0 Å². The summed E-state index contributed by atoms with van der Waals surface area (Å²) in [6.45, 7) is 9.25. The molecule has 0 bridgehead atoms. The topological polar surface area (TPSA) is 74.8 Å². The molecular weight excluding hydrogens is 440 g/mol. The second-order valence-electron chi connectivity index (χ2n) is 11.3. The van der Waals surface area contributed by atoms with Crippen molar-refractivity contribution in [2.75, 3.05) is 31.1 Å². The molecule has 7 heteroatoms. The van der Waals surface area contributed by atoms with E-state index in [9.17, 15) is 9.59 Å². The Morgan fingerprint density at radius 2 is 1.77 bits per heavy atom. The average molecular weight is 477 g/mol. The van der Waals surface area contributed by atoms with Crippen LogP contribution in [0.4, 0.5) is 10.5 Å². The number of hydrogen-bond acceptors (Lipinski definition) is 5. The number of fused-ring (bicyclic) bond motifs is 1. The normalized spacial score (nSPS) is 21.2. The molecule has 0 saturated carbocycles. The van der Waals surface area contributed by atoms with Gasteiger partial charge in [0.05, 0.1) is 6.04 Å². The molecule has 1 unspecified atom stereocenters. The van der Waals surface area contributed by atoms with Crippen molar-refractivity contribution in [3.8, 4) is 0 Å². The number of benzene rings is 1. The minimum Gasteiger partial charge on any atom is -0.444 e. The number of piperidine rings is 1. The molecule has 1 aromatic heterocycles. The maximum atomic E-state index is 13.5. The van der Waals surface area contributed by atoms with Crippen LogP contribution in [0, 0.1) is 5.41 Å². The first-order chi connectivity index (χ1) is 16.7. The van der Waals surface area contributed by atoms with Crippen LogP contribution in [0.25, 0.3) is 0 Å². The molecule has 1 aromatic carbocycles. The largest absolute Gasteiger partial charge is 0.444 e. The molecular formula is C28H36N4O3. The number of carbonyl (C=O) groups excluding carboxylic acids is 2. The van der Waals surface area contributed by atoms with E-state index in [1.807, 2.05) is 50.2 Å². The van der Waals surface area contributed by atoms with Crippen molar-refractivity contribution < 1.29 is 14.3 Å². The van der Waals surface area contributed by atoms with Gasteiger partial charge in [0, 0.05) is 49.8 Å². The molecule has 1 aliphatic carbocycles. The van der Waals surface area contributed by atoms with E-state index in [2.05, 4.69) is 33.4 Å². The van der Waals surface area contributed by atoms with E-state index < -0.39 is 11.7 Å². The Morgan fingerprint density at radius 3 is 2.49 bits per heavy atom. The van der Waals surface area contributed by atoms with Gasteiger partial charge in [0.25, 0.3) is 5.91 Å². The number of hydrogen-bond donors (Lipinski definition) is 1. The number of rotatable bonds is 3. The van der Waals surface area contributed by atoms with Crippen molar-refractivity contribution in [1.82, 2.24) is 15.2 Å². The van der Waals surface area contributed by atoms with E-state index in [1.54, 1.807) is 0 Å². The molecule has 2 aromatic rings. The van der Waals surface area contributed by atoms with Crippen LogP contribution in [-0.2, 0) is 11.2 Å². The first-order valence-corrected chi connectivity index (χ1v) is 12.8. The third-order valence-electron chi connectivity index (χ3n) is 7.74. The van der Waals surface area contributed by atoms with Crippen LogP contribution < -0.4 is 10.2 Å². The molecule has 35 heavy (non-hydrogen) atoms. The predicted octanol–water partition coefficient (Wildman–Crippen LogP) is 4.73. The van der Waals surface area contributed by atoms with Crippen molar-refractivity contribution in [3.05, 3.63) is 59.4 Å². The van der Waals surface area contributed by atoms with Crippen molar-refractivity contribution in [1.29, 1.82) is 0 Å². The first kappa shape index (κ1) is 23.6. The van der Waals surface area contributed by atoms with Gasteiger partial charge >= 0.3 is 6.09 Å². The van der Waals surface area contributed by atoms with Gasteiger partial charge < -0.3 is 19.9 Å². The molecule has 186 valence electrons. The average Bonchev–Trinajstić information content (AvgIpc) is 3.42. The maximum absolute atomic E-state index is 13.5. The molecule has 3 aliphatic rings. The number of amides is 2. The molecule has 1 N–H and O–H groups in total. The lowest BCUT2D eigenvalue weighted by Gasteiger charge is -2.40. The number of anilines is 1. The number of ether oxygens (including phenoxy) is 1. The maximum Gasteiger partial charge on any atom is 0.408 e. The number of aryl methyl sites for hydroxylation is 1. The van der Waals surface area contributed by atoms with Gasteiger partial charge in [0.15, 0.2) is 0 Å². The summed E-state index contributed by atoms with van der Waals surface area (Å²) in [6.07, 6.45) is 8.27. The summed E-state index contributed by atoms with van der Waals surface area (Å²) in [4.78, 5) is 34.4. The Kier molecular flexibility index (Phi) is 6.20. The third-order valence-corrected chi connectivity index (χ3v) is 7.74. The van der Waals surface area contributed by atoms with Crippen molar-refractivity contribution >= 4 is 17.7 Å². The standard InChI is InChI=1S/C28H36N4O3/c1-27(2,3)35-26(34)30-24-7-6-20-4-5-21(18-23(20)24)25(33)32-17-12-28(19-32)10-15-31(16-11-28)22-8-13-29-14-9-22/h4-5,8-9,13-14,18,24H,6-7,10-12,15-17,19H2,1-3H3,(H,30,34). The number of alkyl carbamates (subject to hydrolysis) is 1. The SMILES string of the molecule is CC(C)(C)OC(=O)NC1CCc2ccc(C(=O)N3CCC4(CCN(c5ccncc5)CC4)C3)cc21. The first-order valence-electron chi connectivity index (χ1n) is 12.8. The molecule has 2 aliphatic heterocycles. The summed E-state index contributed by atoms with van der Waals surface area (Å²) in [7, 11) is 0. The molecule has 2 amide bonds. The Bertz CT molecular complexity index is 1090. The molecule has 2 fully saturated rings. The zero-order valence-corrected chi connectivity index (χ0v) is 21.0. The van der Waals surface area contributed by atoms with Gasteiger partial charge in [-0.25, -0.2) is 4.79 Å². The zero-order valence-electron chi connectivity index (χ0n) is 21.0. The molecule has 5 rings (SSSR count). The fraction of sp³-hybridized carbons (Fsp3) is 0.536. The fourth-order valence-electron chi connectivity index (χ4n) is 5.83. The van der Waals surface area contributed by atoms with Crippen molar-refractivity contribution in [2.45, 2.75) is 64.5 Å². The lowest BCUT2D eigenvalue weighted by atomic mass is 9.77. The summed E-state index contributed by atoms with van der Waals surface area (Å²) >= 11 is 0. The van der Waals surface area contributed by atoms with Crippen LogP contribution in [0.15, 0.2) is 42.7 Å². The van der Waals surface area contributed by atoms with Crippen LogP contribution >= 0.6 is 0 Å². The lowest BCUT2D eigenvalue weighted by Crippen LogP contribution is -2.42. The van der Waals surface area contributed by atoms with E-state index in [4.69, 9.17) is 4.74 Å². The summed E-state index contributed by atoms with van der Waals surface area (Å²) in [5, 5.41) is 3.00. The molecule has 2 saturated heterocycles. The van der Waals surface area contributed by atoms with Gasteiger partial charge in [0.2, 0.25) is 0 Å². The van der Waals surface area contributed by atoms with Crippen molar-refractivity contribution in [3.63, 3.8) is 0 Å². The van der Waals surface area contributed by atoms with Gasteiger partial charge in [-0.05, 0) is 93.7 Å². The molecule has 1 atom stereocenters. The monoisotopic (exact) mass is 476 g/mol. The smallest absolute Gasteiger partial charge is 0.408 e. The van der Waals surface area contributed by atoms with Crippen LogP contribution in [0.3, 0.4) is 0 Å². The van der Waals surface area contributed by atoms with Gasteiger partial charge in [0.1, 0.15) is 5.60 Å². The second kappa shape index (κ2) is 9.17. The highest BCUT2D eigenvalue weighted by Crippen LogP contribution is 2.42. The van der Waals surface area contributed by atoms with Crippen LogP contribution in [0.1, 0.15) is 74.0 Å². The predicted molar refractivity (Wildman–Crippen MR) is 136 cm³/mol.